The number of thiophene rings is 1. The van der Waals surface area contributed by atoms with Crippen molar-refractivity contribution < 1.29 is 19.4 Å². The molecule has 1 aliphatic rings. The molecule has 0 saturated carbocycles. The van der Waals surface area contributed by atoms with Gasteiger partial charge in [0.05, 0.1) is 22.4 Å². The summed E-state index contributed by atoms with van der Waals surface area (Å²) in [5.74, 6) is -1.26. The summed E-state index contributed by atoms with van der Waals surface area (Å²) in [5, 5.41) is 12.4. The van der Waals surface area contributed by atoms with E-state index in [9.17, 15) is 14.7 Å². The van der Waals surface area contributed by atoms with E-state index in [0.717, 1.165) is 30.1 Å². The van der Waals surface area contributed by atoms with Crippen LogP contribution in [0.4, 0.5) is 5.69 Å². The van der Waals surface area contributed by atoms with E-state index in [4.69, 9.17) is 4.74 Å². The average Bonchev–Trinajstić information content (AvgIpc) is 3.26. The molecule has 7 nitrogen and oxygen atoms in total. The molecule has 2 aromatic heterocycles. The third-order valence-corrected chi connectivity index (χ3v) is 6.90. The van der Waals surface area contributed by atoms with Crippen molar-refractivity contribution in [2.45, 2.75) is 25.4 Å². The van der Waals surface area contributed by atoms with Crippen LogP contribution in [0, 0.1) is 0 Å². The van der Waals surface area contributed by atoms with Gasteiger partial charge in [0.25, 0.3) is 0 Å². The van der Waals surface area contributed by atoms with Gasteiger partial charge in [-0.1, -0.05) is 25.1 Å². The van der Waals surface area contributed by atoms with Crippen molar-refractivity contribution >= 4 is 39.1 Å². The number of fused-ring (bicyclic) bond motifs is 1. The highest BCUT2D eigenvalue weighted by molar-refractivity contribution is 7.19. The monoisotopic (exact) mass is 465 g/mol. The van der Waals surface area contributed by atoms with Crippen LogP contribution >= 0.6 is 11.3 Å². The molecule has 1 aliphatic heterocycles. The largest absolute Gasteiger partial charge is 0.478 e. The second-order valence-corrected chi connectivity index (χ2v) is 9.08. The van der Waals surface area contributed by atoms with E-state index in [1.165, 1.54) is 48.9 Å². The van der Waals surface area contributed by atoms with Crippen LogP contribution in [0.1, 0.15) is 46.2 Å². The number of hydrogen-bond acceptors (Lipinski definition) is 6. The molecule has 1 amide bonds. The third-order valence-electron chi connectivity index (χ3n) is 5.70. The quantitative estimate of drug-likeness (QED) is 0.445. The number of piperidine rings is 1. The summed E-state index contributed by atoms with van der Waals surface area (Å²) >= 11 is 1.38. The Morgan fingerprint density at radius 3 is 2.82 bits per heavy atom. The van der Waals surface area contributed by atoms with Crippen molar-refractivity contribution in [3.8, 4) is 0 Å². The minimum atomic E-state index is -0.979. The number of aromatic nitrogens is 1. The summed E-state index contributed by atoms with van der Waals surface area (Å²) < 4.78 is 7.02. The molecule has 0 aliphatic carbocycles. The lowest BCUT2D eigenvalue weighted by Gasteiger charge is -2.27. The Morgan fingerprint density at radius 1 is 1.24 bits per heavy atom. The summed E-state index contributed by atoms with van der Waals surface area (Å²) in [6, 6.07) is 10.9. The van der Waals surface area contributed by atoms with Gasteiger partial charge in [0.15, 0.2) is 0 Å². The van der Waals surface area contributed by atoms with Crippen LogP contribution in [0.5, 0.6) is 0 Å². The Hall–Kier alpha value is -3.07. The second kappa shape index (κ2) is 10.7. The van der Waals surface area contributed by atoms with E-state index in [-0.39, 0.29) is 11.5 Å². The molecule has 1 atom stereocenters. The van der Waals surface area contributed by atoms with Crippen LogP contribution in [-0.4, -0.2) is 53.1 Å². The first-order valence-corrected chi connectivity index (χ1v) is 11.9. The highest BCUT2D eigenvalue weighted by Gasteiger charge is 2.22. The van der Waals surface area contributed by atoms with Gasteiger partial charge in [-0.15, -0.1) is 11.3 Å². The minimum absolute atomic E-state index is 0.232. The van der Waals surface area contributed by atoms with Crippen LogP contribution in [0.25, 0.3) is 10.2 Å². The standard InChI is InChI=1S/C25H27N3O4S/c1-2-22(29)27-18-8-6-7-17(15-18)23(32-14-13-28-11-4-3-5-12-28)21-16-20-24(33-21)19(25(30)31)9-10-26-20/h2,6-10,15-16,23H,1,3-5,11-14H2,(H,27,29)(H,30,31)/t23-/m1/s1. The van der Waals surface area contributed by atoms with Crippen molar-refractivity contribution in [3.05, 3.63) is 71.3 Å². The van der Waals surface area contributed by atoms with Gasteiger partial charge in [-0.2, -0.15) is 0 Å². The fraction of sp³-hybridized carbons (Fsp3) is 0.320. The van der Waals surface area contributed by atoms with Gasteiger partial charge in [0.2, 0.25) is 5.91 Å². The van der Waals surface area contributed by atoms with Crippen molar-refractivity contribution in [1.82, 2.24) is 9.88 Å². The second-order valence-electron chi connectivity index (χ2n) is 8.00. The Balaban J connectivity index is 1.64. The summed E-state index contributed by atoms with van der Waals surface area (Å²) in [6.07, 6.45) is 6.05. The zero-order valence-electron chi connectivity index (χ0n) is 18.3. The molecule has 3 heterocycles. The Labute approximate surface area is 196 Å². The van der Waals surface area contributed by atoms with E-state index in [1.54, 1.807) is 0 Å². The van der Waals surface area contributed by atoms with E-state index >= 15 is 0 Å². The molecule has 172 valence electrons. The van der Waals surface area contributed by atoms with Crippen LogP contribution in [0.15, 0.2) is 55.3 Å². The number of anilines is 1. The van der Waals surface area contributed by atoms with Gasteiger partial charge in [0.1, 0.15) is 6.10 Å². The van der Waals surface area contributed by atoms with E-state index in [1.807, 2.05) is 30.3 Å². The van der Waals surface area contributed by atoms with Crippen LogP contribution in [-0.2, 0) is 9.53 Å². The van der Waals surface area contributed by atoms with E-state index < -0.39 is 12.1 Å². The number of hydrogen-bond donors (Lipinski definition) is 2. The Bertz CT molecular complexity index is 1150. The van der Waals surface area contributed by atoms with E-state index in [0.29, 0.717) is 22.5 Å². The number of benzene rings is 1. The summed E-state index contributed by atoms with van der Waals surface area (Å²) in [4.78, 5) is 31.1. The molecule has 1 aromatic carbocycles. The topological polar surface area (TPSA) is 91.8 Å². The summed E-state index contributed by atoms with van der Waals surface area (Å²) in [7, 11) is 0. The third kappa shape index (κ3) is 5.65. The van der Waals surface area contributed by atoms with Crippen LogP contribution in [0.3, 0.4) is 0 Å². The molecule has 0 spiro atoms. The average molecular weight is 466 g/mol. The molecule has 8 heteroatoms. The number of carboxylic acids is 1. The fourth-order valence-electron chi connectivity index (χ4n) is 4.05. The van der Waals surface area contributed by atoms with Gasteiger partial charge in [-0.25, -0.2) is 4.79 Å². The van der Waals surface area contributed by atoms with Gasteiger partial charge < -0.3 is 20.1 Å². The van der Waals surface area contributed by atoms with Crippen molar-refractivity contribution in [3.63, 3.8) is 0 Å². The molecule has 1 fully saturated rings. The number of ether oxygens (including phenoxy) is 1. The maximum absolute atomic E-state index is 11.8. The van der Waals surface area contributed by atoms with Crippen molar-refractivity contribution in [2.75, 3.05) is 31.6 Å². The van der Waals surface area contributed by atoms with Crippen molar-refractivity contribution in [2.24, 2.45) is 0 Å². The van der Waals surface area contributed by atoms with Crippen LogP contribution in [0.2, 0.25) is 0 Å². The maximum atomic E-state index is 11.8. The predicted molar refractivity (Wildman–Crippen MR) is 130 cm³/mol. The van der Waals surface area contributed by atoms with Gasteiger partial charge in [0, 0.05) is 23.3 Å². The molecule has 1 saturated heterocycles. The number of aromatic carboxylic acids is 1. The van der Waals surface area contributed by atoms with E-state index in [2.05, 4.69) is 21.8 Å². The van der Waals surface area contributed by atoms with Crippen molar-refractivity contribution in [1.29, 1.82) is 0 Å². The molecule has 0 unspecified atom stereocenters. The number of nitrogens with zero attached hydrogens (tertiary/aromatic N) is 2. The summed E-state index contributed by atoms with van der Waals surface area (Å²) in [6.45, 7) is 7.06. The first kappa shape index (κ1) is 23.1. The normalized spacial score (nSPS) is 15.3. The first-order valence-electron chi connectivity index (χ1n) is 11.0. The number of pyridine rings is 1. The van der Waals surface area contributed by atoms with Gasteiger partial charge in [-0.05, 0) is 61.8 Å². The lowest BCUT2D eigenvalue weighted by Crippen LogP contribution is -2.33. The first-order chi connectivity index (χ1) is 16.0. The molecule has 0 bridgehead atoms. The number of rotatable bonds is 9. The number of likely N-dealkylation sites (tertiary alicyclic amines) is 1. The molecular formula is C25H27N3O4S. The highest BCUT2D eigenvalue weighted by atomic mass is 32.1. The number of carboxylic acid groups (broad SMARTS) is 1. The maximum Gasteiger partial charge on any atom is 0.337 e. The zero-order chi connectivity index (χ0) is 23.2. The smallest absolute Gasteiger partial charge is 0.337 e. The highest BCUT2D eigenvalue weighted by Crippen LogP contribution is 2.37. The molecule has 2 N–H and O–H groups in total. The summed E-state index contributed by atoms with van der Waals surface area (Å²) in [5.41, 5.74) is 2.39. The number of nitrogens with one attached hydrogen (secondary N) is 1. The Kier molecular flexibility index (Phi) is 7.49. The molecular weight excluding hydrogens is 438 g/mol. The molecule has 33 heavy (non-hydrogen) atoms. The molecule has 3 aromatic rings. The number of amides is 1. The fourth-order valence-corrected chi connectivity index (χ4v) is 5.25. The van der Waals surface area contributed by atoms with Gasteiger partial charge in [-0.3, -0.25) is 9.78 Å². The lowest BCUT2D eigenvalue weighted by atomic mass is 10.1. The minimum Gasteiger partial charge on any atom is -0.478 e. The lowest BCUT2D eigenvalue weighted by molar-refractivity contribution is -0.111. The van der Waals surface area contributed by atoms with Gasteiger partial charge >= 0.3 is 5.97 Å². The number of carbonyl (C=O) groups is 2. The SMILES string of the molecule is C=CC(=O)Nc1cccc([C@@H](OCCN2CCCCC2)c2cc3nccc(C(=O)O)c3s2)c1. The zero-order valence-corrected chi connectivity index (χ0v) is 19.1. The predicted octanol–water partition coefficient (Wildman–Crippen LogP) is 4.71. The van der Waals surface area contributed by atoms with Crippen LogP contribution < -0.4 is 5.32 Å². The molecule has 0 radical (unpaired) electrons. The number of carbonyl (C=O) groups excluding carboxylic acids is 1. The Morgan fingerprint density at radius 2 is 2.06 bits per heavy atom. The molecule has 4 rings (SSSR count).